The van der Waals surface area contributed by atoms with Gasteiger partial charge in [0.2, 0.25) is 5.91 Å². The molecule has 2 rings (SSSR count). The molecular weight excluding hydrogens is 228 g/mol. The molecule has 0 aromatic heterocycles. The van der Waals surface area contributed by atoms with Crippen molar-refractivity contribution in [2.75, 3.05) is 26.2 Å². The molecule has 0 aliphatic carbocycles. The van der Waals surface area contributed by atoms with Crippen LogP contribution in [0.1, 0.15) is 12.0 Å². The first kappa shape index (κ1) is 12.8. The van der Waals surface area contributed by atoms with Gasteiger partial charge in [0.25, 0.3) is 0 Å². The number of carbonyl (C=O) groups is 2. The number of ketones is 1. The summed E-state index contributed by atoms with van der Waals surface area (Å²) in [6, 6.07) is 9.71. The molecule has 96 valence electrons. The van der Waals surface area contributed by atoms with Crippen LogP contribution in [-0.2, 0) is 16.0 Å². The fourth-order valence-corrected chi connectivity index (χ4v) is 2.13. The summed E-state index contributed by atoms with van der Waals surface area (Å²) in [5, 5.41) is 2.81. The van der Waals surface area contributed by atoms with Crippen molar-refractivity contribution >= 4 is 11.7 Å². The number of nitrogens with zero attached hydrogens (tertiary/aromatic N) is 1. The van der Waals surface area contributed by atoms with E-state index in [1.165, 1.54) is 0 Å². The Balaban J connectivity index is 1.85. The van der Waals surface area contributed by atoms with Crippen LogP contribution in [0.3, 0.4) is 0 Å². The van der Waals surface area contributed by atoms with Crippen LogP contribution in [0.5, 0.6) is 0 Å². The Labute approximate surface area is 107 Å². The summed E-state index contributed by atoms with van der Waals surface area (Å²) in [7, 11) is 0. The molecule has 1 saturated heterocycles. The second kappa shape index (κ2) is 6.31. The Hall–Kier alpha value is -1.68. The zero-order valence-electron chi connectivity index (χ0n) is 10.4. The van der Waals surface area contributed by atoms with Gasteiger partial charge in [0.1, 0.15) is 0 Å². The van der Waals surface area contributed by atoms with E-state index in [9.17, 15) is 9.59 Å². The summed E-state index contributed by atoms with van der Waals surface area (Å²) in [6.45, 7) is 2.21. The average molecular weight is 246 g/mol. The number of benzene rings is 1. The van der Waals surface area contributed by atoms with Crippen molar-refractivity contribution < 1.29 is 9.59 Å². The molecule has 1 N–H and O–H groups in total. The van der Waals surface area contributed by atoms with E-state index in [1.54, 1.807) is 0 Å². The van der Waals surface area contributed by atoms with E-state index >= 15 is 0 Å². The van der Waals surface area contributed by atoms with Gasteiger partial charge in [0.05, 0.1) is 13.1 Å². The maximum Gasteiger partial charge on any atom is 0.234 e. The summed E-state index contributed by atoms with van der Waals surface area (Å²) >= 11 is 0. The molecule has 0 spiro atoms. The van der Waals surface area contributed by atoms with Gasteiger partial charge in [0.15, 0.2) is 5.78 Å². The zero-order valence-corrected chi connectivity index (χ0v) is 10.4. The van der Waals surface area contributed by atoms with E-state index in [-0.39, 0.29) is 11.7 Å². The molecule has 0 radical (unpaired) electrons. The predicted molar refractivity (Wildman–Crippen MR) is 69.2 cm³/mol. The third-order valence-electron chi connectivity index (χ3n) is 2.98. The molecule has 0 saturated carbocycles. The van der Waals surface area contributed by atoms with Gasteiger partial charge in [-0.05, 0) is 12.0 Å². The zero-order chi connectivity index (χ0) is 12.8. The quantitative estimate of drug-likeness (QED) is 0.847. The maximum absolute atomic E-state index is 11.9. The highest BCUT2D eigenvalue weighted by Crippen LogP contribution is 2.02. The summed E-state index contributed by atoms with van der Waals surface area (Å²) in [5.74, 6) is 0.177. The number of hydrogen-bond donors (Lipinski definition) is 1. The van der Waals surface area contributed by atoms with Gasteiger partial charge < -0.3 is 5.32 Å². The molecule has 1 aliphatic rings. The van der Waals surface area contributed by atoms with E-state index in [0.29, 0.717) is 26.1 Å². The number of rotatable bonds is 4. The highest BCUT2D eigenvalue weighted by molar-refractivity contribution is 5.84. The van der Waals surface area contributed by atoms with Crippen molar-refractivity contribution in [3.8, 4) is 0 Å². The Morgan fingerprint density at radius 2 is 2.06 bits per heavy atom. The van der Waals surface area contributed by atoms with E-state index in [1.807, 2.05) is 35.2 Å². The fraction of sp³-hybridized carbons (Fsp3) is 0.429. The normalized spacial score (nSPS) is 17.0. The molecule has 0 bridgehead atoms. The first-order valence-electron chi connectivity index (χ1n) is 6.29. The van der Waals surface area contributed by atoms with Crippen molar-refractivity contribution in [3.63, 3.8) is 0 Å². The minimum Gasteiger partial charge on any atom is -0.355 e. The molecule has 1 fully saturated rings. The second-order valence-electron chi connectivity index (χ2n) is 4.62. The summed E-state index contributed by atoms with van der Waals surface area (Å²) in [6.07, 6.45) is 1.35. The molecule has 1 heterocycles. The van der Waals surface area contributed by atoms with Crippen molar-refractivity contribution in [1.29, 1.82) is 0 Å². The van der Waals surface area contributed by atoms with Crippen LogP contribution >= 0.6 is 0 Å². The molecule has 4 nitrogen and oxygen atoms in total. The predicted octanol–water partition coefficient (Wildman–Crippen LogP) is 0.620. The summed E-state index contributed by atoms with van der Waals surface area (Å²) in [5.41, 5.74) is 1.03. The lowest BCUT2D eigenvalue weighted by atomic mass is 10.1. The first-order chi connectivity index (χ1) is 8.74. The van der Waals surface area contributed by atoms with Crippen LogP contribution in [0.15, 0.2) is 30.3 Å². The molecular formula is C14H18N2O2. The largest absolute Gasteiger partial charge is 0.355 e. The van der Waals surface area contributed by atoms with Crippen molar-refractivity contribution in [2.24, 2.45) is 0 Å². The third-order valence-corrected chi connectivity index (χ3v) is 2.98. The molecule has 1 aromatic carbocycles. The number of nitrogens with one attached hydrogen (secondary N) is 1. The third kappa shape index (κ3) is 3.96. The summed E-state index contributed by atoms with van der Waals surface area (Å²) < 4.78 is 0. The SMILES string of the molecule is O=C(Cc1ccccc1)CN1CCCNC(=O)C1. The molecule has 1 amide bonds. The van der Waals surface area contributed by atoms with Crippen LogP contribution in [0.2, 0.25) is 0 Å². The Morgan fingerprint density at radius 1 is 1.28 bits per heavy atom. The molecule has 1 aliphatic heterocycles. The van der Waals surface area contributed by atoms with Gasteiger partial charge in [-0.25, -0.2) is 0 Å². The topological polar surface area (TPSA) is 49.4 Å². The molecule has 1 aromatic rings. The highest BCUT2D eigenvalue weighted by Gasteiger charge is 2.17. The van der Waals surface area contributed by atoms with Gasteiger partial charge in [-0.15, -0.1) is 0 Å². The van der Waals surface area contributed by atoms with E-state index in [2.05, 4.69) is 5.32 Å². The summed E-state index contributed by atoms with van der Waals surface area (Å²) in [4.78, 5) is 25.2. The minimum absolute atomic E-state index is 0.0139. The lowest BCUT2D eigenvalue weighted by Gasteiger charge is -2.17. The van der Waals surface area contributed by atoms with E-state index in [4.69, 9.17) is 0 Å². The average Bonchev–Trinajstić information content (AvgIpc) is 2.54. The Kier molecular flexibility index (Phi) is 4.47. The number of amides is 1. The van der Waals surface area contributed by atoms with Crippen LogP contribution < -0.4 is 5.32 Å². The monoisotopic (exact) mass is 246 g/mol. The molecule has 0 atom stereocenters. The second-order valence-corrected chi connectivity index (χ2v) is 4.62. The fourth-order valence-electron chi connectivity index (χ4n) is 2.13. The standard InChI is InChI=1S/C14H18N2O2/c17-13(9-12-5-2-1-3-6-12)10-16-8-4-7-15-14(18)11-16/h1-3,5-6H,4,7-11H2,(H,15,18). The van der Waals surface area contributed by atoms with E-state index in [0.717, 1.165) is 18.5 Å². The minimum atomic E-state index is 0.0139. The van der Waals surface area contributed by atoms with Crippen molar-refractivity contribution in [1.82, 2.24) is 10.2 Å². The Morgan fingerprint density at radius 3 is 2.83 bits per heavy atom. The highest BCUT2D eigenvalue weighted by atomic mass is 16.2. The van der Waals surface area contributed by atoms with Crippen LogP contribution in [-0.4, -0.2) is 42.8 Å². The van der Waals surface area contributed by atoms with Crippen LogP contribution in [0, 0.1) is 0 Å². The first-order valence-corrected chi connectivity index (χ1v) is 6.29. The van der Waals surface area contributed by atoms with Gasteiger partial charge in [0, 0.05) is 19.5 Å². The molecule has 4 heteroatoms. The van der Waals surface area contributed by atoms with Crippen molar-refractivity contribution in [2.45, 2.75) is 12.8 Å². The lowest BCUT2D eigenvalue weighted by Crippen LogP contribution is -2.36. The van der Waals surface area contributed by atoms with Crippen molar-refractivity contribution in [3.05, 3.63) is 35.9 Å². The number of Topliss-reactive ketones (excluding diaryl/α,β-unsaturated/α-hetero) is 1. The smallest absolute Gasteiger partial charge is 0.234 e. The maximum atomic E-state index is 11.9. The van der Waals surface area contributed by atoms with E-state index < -0.39 is 0 Å². The van der Waals surface area contributed by atoms with Crippen LogP contribution in [0.4, 0.5) is 0 Å². The van der Waals surface area contributed by atoms with Gasteiger partial charge in [-0.1, -0.05) is 30.3 Å². The number of hydrogen-bond acceptors (Lipinski definition) is 3. The molecule has 0 unspecified atom stereocenters. The Bertz CT molecular complexity index is 417. The van der Waals surface area contributed by atoms with Crippen LogP contribution in [0.25, 0.3) is 0 Å². The lowest BCUT2D eigenvalue weighted by molar-refractivity contribution is -0.123. The molecule has 18 heavy (non-hydrogen) atoms. The van der Waals surface area contributed by atoms with Gasteiger partial charge >= 0.3 is 0 Å². The van der Waals surface area contributed by atoms with Gasteiger partial charge in [-0.2, -0.15) is 0 Å². The van der Waals surface area contributed by atoms with Gasteiger partial charge in [-0.3, -0.25) is 14.5 Å². The number of carbonyl (C=O) groups excluding carboxylic acids is 2.